The molecule has 180 valence electrons. The van der Waals surface area contributed by atoms with Crippen molar-refractivity contribution >= 4 is 23.1 Å². The van der Waals surface area contributed by atoms with Gasteiger partial charge in [-0.3, -0.25) is 4.79 Å². The number of methoxy groups -OCH3 is 1. The highest BCUT2D eigenvalue weighted by Gasteiger charge is 2.12. The van der Waals surface area contributed by atoms with Crippen molar-refractivity contribution in [2.24, 2.45) is 0 Å². The molecule has 6 heteroatoms. The molecule has 4 aromatic rings. The normalized spacial score (nSPS) is 11.3. The van der Waals surface area contributed by atoms with Crippen LogP contribution in [0, 0.1) is 5.82 Å². The number of hydrogen-bond acceptors (Lipinski definition) is 4. The van der Waals surface area contributed by atoms with E-state index >= 15 is 0 Å². The summed E-state index contributed by atoms with van der Waals surface area (Å²) in [4.78, 5) is 16.1. The Hall–Kier alpha value is -3.93. The predicted octanol–water partition coefficient (Wildman–Crippen LogP) is 6.67. The van der Waals surface area contributed by atoms with Gasteiger partial charge in [0.15, 0.2) is 0 Å². The zero-order valence-electron chi connectivity index (χ0n) is 19.8. The van der Waals surface area contributed by atoms with Crippen LogP contribution in [0.25, 0.3) is 28.5 Å². The molecule has 1 aromatic heterocycles. The van der Waals surface area contributed by atoms with Gasteiger partial charge in [-0.2, -0.15) is 0 Å². The fraction of sp³-hybridized carbons (Fsp3) is 0.241. The van der Waals surface area contributed by atoms with Crippen molar-refractivity contribution in [1.82, 2.24) is 9.55 Å². The molecule has 0 unspecified atom stereocenters. The van der Waals surface area contributed by atoms with Crippen molar-refractivity contribution in [2.75, 3.05) is 13.7 Å². The van der Waals surface area contributed by atoms with Gasteiger partial charge in [0.2, 0.25) is 0 Å². The molecule has 0 aliphatic heterocycles. The van der Waals surface area contributed by atoms with E-state index in [1.807, 2.05) is 54.6 Å². The molecular formula is C29H29FN2O3. The summed E-state index contributed by atoms with van der Waals surface area (Å²) in [7, 11) is 1.41. The Morgan fingerprint density at radius 2 is 1.80 bits per heavy atom. The topological polar surface area (TPSA) is 53.4 Å². The second kappa shape index (κ2) is 12.0. The van der Waals surface area contributed by atoms with E-state index in [-0.39, 0.29) is 11.8 Å². The summed E-state index contributed by atoms with van der Waals surface area (Å²) in [6, 6.07) is 22.5. The van der Waals surface area contributed by atoms with Gasteiger partial charge in [0.1, 0.15) is 17.4 Å². The number of rotatable bonds is 11. The summed E-state index contributed by atoms with van der Waals surface area (Å²) >= 11 is 0. The quantitative estimate of drug-likeness (QED) is 0.181. The van der Waals surface area contributed by atoms with Crippen molar-refractivity contribution in [1.29, 1.82) is 0 Å². The van der Waals surface area contributed by atoms with E-state index in [0.29, 0.717) is 19.6 Å². The molecule has 0 bridgehead atoms. The standard InChI is InChI=1S/C29H29FN2O3/c1-34-28(33)12-6-3-7-20-35-25-17-18-27-26(21-25)31-29(23-10-4-2-5-11-23)32(27)19-8-9-22-13-15-24(30)16-14-22/h2,4-5,8-11,13-18,21H,3,6-7,12,19-20H2,1H3. The van der Waals surface area contributed by atoms with Gasteiger partial charge in [-0.05, 0) is 49.1 Å². The Morgan fingerprint density at radius 1 is 1.00 bits per heavy atom. The van der Waals surface area contributed by atoms with E-state index in [1.54, 1.807) is 12.1 Å². The first-order chi connectivity index (χ1) is 17.1. The van der Waals surface area contributed by atoms with Gasteiger partial charge in [0.25, 0.3) is 0 Å². The number of aromatic nitrogens is 2. The number of esters is 1. The highest BCUT2D eigenvalue weighted by molar-refractivity contribution is 5.82. The van der Waals surface area contributed by atoms with E-state index in [2.05, 4.69) is 15.4 Å². The first-order valence-corrected chi connectivity index (χ1v) is 11.8. The van der Waals surface area contributed by atoms with Crippen molar-refractivity contribution in [3.05, 3.63) is 90.3 Å². The molecular weight excluding hydrogens is 443 g/mol. The third-order valence-electron chi connectivity index (χ3n) is 5.74. The van der Waals surface area contributed by atoms with E-state index in [4.69, 9.17) is 9.72 Å². The number of nitrogens with zero attached hydrogens (tertiary/aromatic N) is 2. The Morgan fingerprint density at radius 3 is 2.57 bits per heavy atom. The fourth-order valence-corrected chi connectivity index (χ4v) is 3.90. The summed E-state index contributed by atoms with van der Waals surface area (Å²) < 4.78 is 26.0. The molecule has 0 radical (unpaired) electrons. The number of ether oxygens (including phenoxy) is 2. The summed E-state index contributed by atoms with van der Waals surface area (Å²) in [5.74, 6) is 1.24. The maximum atomic E-state index is 13.2. The van der Waals surface area contributed by atoms with Crippen molar-refractivity contribution in [2.45, 2.75) is 32.2 Å². The van der Waals surface area contributed by atoms with Crippen LogP contribution in [0.3, 0.4) is 0 Å². The molecule has 0 atom stereocenters. The van der Waals surface area contributed by atoms with Crippen LogP contribution in [-0.4, -0.2) is 29.2 Å². The van der Waals surface area contributed by atoms with Crippen LogP contribution < -0.4 is 4.74 Å². The van der Waals surface area contributed by atoms with E-state index in [1.165, 1.54) is 19.2 Å². The van der Waals surface area contributed by atoms with Crippen LogP contribution in [0.2, 0.25) is 0 Å². The molecule has 0 saturated carbocycles. The molecule has 0 amide bonds. The lowest BCUT2D eigenvalue weighted by atomic mass is 10.2. The highest BCUT2D eigenvalue weighted by atomic mass is 19.1. The van der Waals surface area contributed by atoms with Crippen molar-refractivity contribution in [3.63, 3.8) is 0 Å². The lowest BCUT2D eigenvalue weighted by Gasteiger charge is -2.08. The van der Waals surface area contributed by atoms with Crippen LogP contribution in [0.15, 0.2) is 78.9 Å². The second-order valence-corrected chi connectivity index (χ2v) is 8.25. The predicted molar refractivity (Wildman–Crippen MR) is 137 cm³/mol. The van der Waals surface area contributed by atoms with Gasteiger partial charge in [0, 0.05) is 24.6 Å². The van der Waals surface area contributed by atoms with Crippen LogP contribution in [-0.2, 0) is 16.1 Å². The number of carbonyl (C=O) groups is 1. The SMILES string of the molecule is COC(=O)CCCCCOc1ccc2c(c1)nc(-c1ccccc1)n2CC=Cc1ccc(F)cc1. The number of carbonyl (C=O) groups excluding carboxylic acids is 1. The zero-order valence-corrected chi connectivity index (χ0v) is 19.8. The van der Waals surface area contributed by atoms with Gasteiger partial charge in [0.05, 0.1) is 24.8 Å². The summed E-state index contributed by atoms with van der Waals surface area (Å²) in [6.07, 6.45) is 7.05. The number of unbranched alkanes of at least 4 members (excludes halogenated alkanes) is 2. The van der Waals surface area contributed by atoms with Gasteiger partial charge in [-0.15, -0.1) is 0 Å². The number of allylic oxidation sites excluding steroid dienone is 1. The number of fused-ring (bicyclic) bond motifs is 1. The van der Waals surface area contributed by atoms with Gasteiger partial charge < -0.3 is 14.0 Å². The molecule has 5 nitrogen and oxygen atoms in total. The molecule has 1 heterocycles. The van der Waals surface area contributed by atoms with Crippen LogP contribution in [0.5, 0.6) is 5.75 Å². The van der Waals surface area contributed by atoms with Gasteiger partial charge in [-0.25, -0.2) is 9.37 Å². The molecule has 4 rings (SSSR count). The number of imidazole rings is 1. The van der Waals surface area contributed by atoms with E-state index in [0.717, 1.165) is 53.0 Å². The van der Waals surface area contributed by atoms with E-state index in [9.17, 15) is 9.18 Å². The Bertz CT molecular complexity index is 1280. The van der Waals surface area contributed by atoms with Crippen LogP contribution in [0.4, 0.5) is 4.39 Å². The zero-order chi connectivity index (χ0) is 24.5. The molecule has 0 spiro atoms. The lowest BCUT2D eigenvalue weighted by Crippen LogP contribution is -2.01. The van der Waals surface area contributed by atoms with Crippen LogP contribution in [0.1, 0.15) is 31.2 Å². The minimum atomic E-state index is -0.242. The Kier molecular flexibility index (Phi) is 8.28. The highest BCUT2D eigenvalue weighted by Crippen LogP contribution is 2.28. The number of halogens is 1. The van der Waals surface area contributed by atoms with Crippen molar-refractivity contribution < 1.29 is 18.7 Å². The summed E-state index contributed by atoms with van der Waals surface area (Å²) in [5, 5.41) is 0. The van der Waals surface area contributed by atoms with Gasteiger partial charge >= 0.3 is 5.97 Å². The fourth-order valence-electron chi connectivity index (χ4n) is 3.90. The Balaban J connectivity index is 1.49. The molecule has 0 aliphatic carbocycles. The lowest BCUT2D eigenvalue weighted by molar-refractivity contribution is -0.140. The van der Waals surface area contributed by atoms with E-state index < -0.39 is 0 Å². The summed E-state index contributed by atoms with van der Waals surface area (Å²) in [6.45, 7) is 1.21. The number of benzene rings is 3. The number of hydrogen-bond donors (Lipinski definition) is 0. The summed E-state index contributed by atoms with van der Waals surface area (Å²) in [5.41, 5.74) is 3.85. The minimum Gasteiger partial charge on any atom is -0.494 e. The molecule has 0 fully saturated rings. The van der Waals surface area contributed by atoms with Gasteiger partial charge in [-0.1, -0.05) is 54.6 Å². The molecule has 0 saturated heterocycles. The maximum Gasteiger partial charge on any atom is 0.305 e. The first kappa shape index (κ1) is 24.2. The minimum absolute atomic E-state index is 0.173. The smallest absolute Gasteiger partial charge is 0.305 e. The first-order valence-electron chi connectivity index (χ1n) is 11.8. The molecule has 35 heavy (non-hydrogen) atoms. The average molecular weight is 473 g/mol. The maximum absolute atomic E-state index is 13.2. The largest absolute Gasteiger partial charge is 0.494 e. The molecule has 0 aliphatic rings. The molecule has 0 N–H and O–H groups in total. The molecule has 3 aromatic carbocycles. The third-order valence-corrected chi connectivity index (χ3v) is 5.74. The third kappa shape index (κ3) is 6.57. The monoisotopic (exact) mass is 472 g/mol. The van der Waals surface area contributed by atoms with Crippen molar-refractivity contribution in [3.8, 4) is 17.1 Å². The second-order valence-electron chi connectivity index (χ2n) is 8.25. The van der Waals surface area contributed by atoms with Crippen LogP contribution >= 0.6 is 0 Å². The average Bonchev–Trinajstić information content (AvgIpc) is 3.25. The Labute approximate surface area is 204 Å².